The largest absolute Gasteiger partial charge is 0.461 e. The molecule has 0 spiro atoms. The number of carbonyl (C=O) groups is 1. The molecule has 2 aliphatic carbocycles. The number of esters is 1. The molecular formula is C21H32O2. The first kappa shape index (κ1) is 16.8. The molecule has 3 rings (SSSR count). The Morgan fingerprint density at radius 3 is 2.83 bits per heavy atom. The van der Waals surface area contributed by atoms with E-state index in [1.807, 2.05) is 0 Å². The van der Waals surface area contributed by atoms with E-state index in [9.17, 15) is 4.79 Å². The summed E-state index contributed by atoms with van der Waals surface area (Å²) in [4.78, 5) is 11.2. The van der Waals surface area contributed by atoms with Crippen LogP contribution in [-0.4, -0.2) is 12.6 Å². The lowest BCUT2D eigenvalue weighted by molar-refractivity contribution is -0.142. The molecule has 2 saturated carbocycles. The van der Waals surface area contributed by atoms with Crippen LogP contribution in [0.1, 0.15) is 72.1 Å². The van der Waals surface area contributed by atoms with Gasteiger partial charge in [0.05, 0.1) is 6.42 Å². The molecule has 0 aromatic carbocycles. The van der Waals surface area contributed by atoms with Gasteiger partial charge in [0.25, 0.3) is 0 Å². The Hall–Kier alpha value is -1.05. The summed E-state index contributed by atoms with van der Waals surface area (Å²) in [6.07, 6.45) is 11.4. The van der Waals surface area contributed by atoms with E-state index >= 15 is 0 Å². The third-order valence-corrected chi connectivity index (χ3v) is 7.53. The Kier molecular flexibility index (Phi) is 4.46. The van der Waals surface area contributed by atoms with Crippen molar-refractivity contribution in [3.05, 3.63) is 23.8 Å². The minimum Gasteiger partial charge on any atom is -0.461 e. The normalized spacial score (nSPS) is 41.1. The predicted molar refractivity (Wildman–Crippen MR) is 94.0 cm³/mol. The molecule has 23 heavy (non-hydrogen) atoms. The van der Waals surface area contributed by atoms with Crippen LogP contribution < -0.4 is 0 Å². The number of fused-ring (bicyclic) bond motifs is 1. The van der Waals surface area contributed by atoms with Gasteiger partial charge in [-0.25, -0.2) is 0 Å². The average Bonchev–Trinajstić information content (AvgIpc) is 2.53. The number of cyclic esters (lactones) is 1. The molecule has 2 nitrogen and oxygen atoms in total. The van der Waals surface area contributed by atoms with Crippen LogP contribution in [0.3, 0.4) is 0 Å². The minimum absolute atomic E-state index is 0.0813. The molecule has 0 bridgehead atoms. The molecule has 128 valence electrons. The molecule has 1 heterocycles. The summed E-state index contributed by atoms with van der Waals surface area (Å²) >= 11 is 0. The Bertz CT molecular complexity index is 532. The maximum Gasteiger partial charge on any atom is 0.309 e. The molecule has 2 fully saturated rings. The van der Waals surface area contributed by atoms with Gasteiger partial charge in [-0.3, -0.25) is 4.79 Å². The second-order valence-electron chi connectivity index (χ2n) is 8.64. The van der Waals surface area contributed by atoms with Crippen LogP contribution in [0.4, 0.5) is 0 Å². The number of allylic oxidation sites excluding steroid dienone is 1. The molecule has 3 aliphatic rings. The molecule has 4 atom stereocenters. The lowest BCUT2D eigenvalue weighted by atomic mass is 9.46. The van der Waals surface area contributed by atoms with E-state index < -0.39 is 0 Å². The smallest absolute Gasteiger partial charge is 0.309 e. The van der Waals surface area contributed by atoms with Crippen molar-refractivity contribution in [1.29, 1.82) is 0 Å². The van der Waals surface area contributed by atoms with Crippen molar-refractivity contribution in [3.8, 4) is 0 Å². The van der Waals surface area contributed by atoms with Crippen LogP contribution in [0.25, 0.3) is 0 Å². The summed E-state index contributed by atoms with van der Waals surface area (Å²) in [6, 6.07) is 0. The van der Waals surface area contributed by atoms with Gasteiger partial charge >= 0.3 is 5.97 Å². The second-order valence-corrected chi connectivity index (χ2v) is 8.64. The van der Waals surface area contributed by atoms with Gasteiger partial charge < -0.3 is 4.74 Å². The highest BCUT2D eigenvalue weighted by Gasteiger charge is 2.53. The Morgan fingerprint density at radius 2 is 2.13 bits per heavy atom. The molecular weight excluding hydrogens is 284 g/mol. The summed E-state index contributed by atoms with van der Waals surface area (Å²) in [6.45, 7) is 12.4. The SMILES string of the molecule is C=C1CCC[C@H]2[C@](C)(CCC3=CCC(=O)OC3)[C@H](C)CC[C@]12C. The lowest BCUT2D eigenvalue weighted by Crippen LogP contribution is -2.50. The highest BCUT2D eigenvalue weighted by molar-refractivity contribution is 5.72. The quantitative estimate of drug-likeness (QED) is 0.512. The number of hydrogen-bond donors (Lipinski definition) is 0. The fourth-order valence-corrected chi connectivity index (χ4v) is 5.51. The topological polar surface area (TPSA) is 26.3 Å². The van der Waals surface area contributed by atoms with Crippen molar-refractivity contribution in [3.63, 3.8) is 0 Å². The van der Waals surface area contributed by atoms with Gasteiger partial charge in [-0.1, -0.05) is 39.0 Å². The highest BCUT2D eigenvalue weighted by Crippen LogP contribution is 2.62. The molecule has 0 aromatic heterocycles. The maximum absolute atomic E-state index is 11.2. The molecule has 0 aromatic rings. The molecule has 0 unspecified atom stereocenters. The van der Waals surface area contributed by atoms with Crippen LogP contribution >= 0.6 is 0 Å². The fraction of sp³-hybridized carbons (Fsp3) is 0.762. The zero-order valence-electron chi connectivity index (χ0n) is 15.1. The van der Waals surface area contributed by atoms with E-state index in [4.69, 9.17) is 4.74 Å². The Labute approximate surface area is 141 Å². The minimum atomic E-state index is -0.0813. The molecule has 0 saturated heterocycles. The first-order chi connectivity index (χ1) is 10.9. The van der Waals surface area contributed by atoms with E-state index in [1.54, 1.807) is 0 Å². The van der Waals surface area contributed by atoms with Crippen LogP contribution in [-0.2, 0) is 9.53 Å². The van der Waals surface area contributed by atoms with Crippen molar-refractivity contribution < 1.29 is 9.53 Å². The van der Waals surface area contributed by atoms with Crippen LogP contribution in [0.5, 0.6) is 0 Å². The number of carbonyl (C=O) groups excluding carboxylic acids is 1. The van der Waals surface area contributed by atoms with E-state index in [1.165, 1.54) is 49.7 Å². The number of hydrogen-bond acceptors (Lipinski definition) is 2. The van der Waals surface area contributed by atoms with Gasteiger partial charge in [-0.05, 0) is 73.2 Å². The van der Waals surface area contributed by atoms with Crippen molar-refractivity contribution in [2.75, 3.05) is 6.61 Å². The Morgan fingerprint density at radius 1 is 1.35 bits per heavy atom. The van der Waals surface area contributed by atoms with E-state index in [0.717, 1.165) is 18.3 Å². The Balaban J connectivity index is 1.77. The van der Waals surface area contributed by atoms with Gasteiger partial charge in [-0.2, -0.15) is 0 Å². The van der Waals surface area contributed by atoms with Gasteiger partial charge in [0.1, 0.15) is 6.61 Å². The van der Waals surface area contributed by atoms with Gasteiger partial charge in [0.15, 0.2) is 0 Å². The van der Waals surface area contributed by atoms with Gasteiger partial charge in [0.2, 0.25) is 0 Å². The monoisotopic (exact) mass is 316 g/mol. The maximum atomic E-state index is 11.2. The van der Waals surface area contributed by atoms with E-state index in [2.05, 4.69) is 33.4 Å². The average molecular weight is 316 g/mol. The third-order valence-electron chi connectivity index (χ3n) is 7.53. The summed E-state index contributed by atoms with van der Waals surface area (Å²) < 4.78 is 5.21. The zero-order valence-corrected chi connectivity index (χ0v) is 15.1. The third kappa shape index (κ3) is 2.90. The van der Waals surface area contributed by atoms with Gasteiger partial charge in [0, 0.05) is 0 Å². The summed E-state index contributed by atoms with van der Waals surface area (Å²) in [5, 5.41) is 0. The number of ether oxygens (including phenoxy) is 1. The van der Waals surface area contributed by atoms with Crippen molar-refractivity contribution in [1.82, 2.24) is 0 Å². The molecule has 0 amide bonds. The van der Waals surface area contributed by atoms with Crippen LogP contribution in [0.15, 0.2) is 23.8 Å². The lowest BCUT2D eigenvalue weighted by Gasteiger charge is -2.59. The summed E-state index contributed by atoms with van der Waals surface area (Å²) in [5.41, 5.74) is 3.53. The van der Waals surface area contributed by atoms with Crippen LogP contribution in [0.2, 0.25) is 0 Å². The van der Waals surface area contributed by atoms with Gasteiger partial charge in [-0.15, -0.1) is 0 Å². The summed E-state index contributed by atoms with van der Waals surface area (Å²) in [5.74, 6) is 1.44. The zero-order chi connectivity index (χ0) is 16.7. The second kappa shape index (κ2) is 6.11. The molecule has 2 heteroatoms. The van der Waals surface area contributed by atoms with Crippen molar-refractivity contribution in [2.45, 2.75) is 72.1 Å². The summed E-state index contributed by atoms with van der Waals surface area (Å²) in [7, 11) is 0. The standard InChI is InChI=1S/C21H32O2/c1-15-6-5-7-18-20(15,3)12-10-16(2)21(18,4)13-11-17-8-9-19(22)23-14-17/h8,16,18H,1,5-7,9-14H2,2-4H3/t16-,18-,20-,21-/m1/s1. The molecule has 1 aliphatic heterocycles. The first-order valence-electron chi connectivity index (χ1n) is 9.38. The fourth-order valence-electron chi connectivity index (χ4n) is 5.51. The van der Waals surface area contributed by atoms with E-state index in [0.29, 0.717) is 23.9 Å². The van der Waals surface area contributed by atoms with Crippen molar-refractivity contribution in [2.24, 2.45) is 22.7 Å². The molecule has 0 radical (unpaired) electrons. The van der Waals surface area contributed by atoms with Crippen molar-refractivity contribution >= 4 is 5.97 Å². The highest BCUT2D eigenvalue weighted by atomic mass is 16.5. The first-order valence-corrected chi connectivity index (χ1v) is 9.38. The molecule has 0 N–H and O–H groups in total. The van der Waals surface area contributed by atoms with E-state index in [-0.39, 0.29) is 5.97 Å². The predicted octanol–water partition coefficient (Wildman–Crippen LogP) is 5.44. The number of rotatable bonds is 3. The van der Waals surface area contributed by atoms with Crippen LogP contribution in [0, 0.1) is 22.7 Å².